The molecule has 1 amide bonds. The van der Waals surface area contributed by atoms with Gasteiger partial charge >= 0.3 is 11.9 Å². The van der Waals surface area contributed by atoms with E-state index >= 15 is 0 Å². The van der Waals surface area contributed by atoms with Gasteiger partial charge in [-0.1, -0.05) is 24.3 Å². The molecule has 0 atom stereocenters. The molecule has 3 rings (SSSR count). The number of allylic oxidation sites excluding steroid dienone is 1. The Hall–Kier alpha value is -4.07. The lowest BCUT2D eigenvalue weighted by Crippen LogP contribution is -2.16. The molecular weight excluding hydrogens is 388 g/mol. The average molecular weight is 408 g/mol. The number of nitrogens with zero attached hydrogens (tertiary/aromatic N) is 1. The quantitative estimate of drug-likeness (QED) is 0.319. The first-order valence-corrected chi connectivity index (χ1v) is 9.00. The van der Waals surface area contributed by atoms with Crippen molar-refractivity contribution in [1.29, 1.82) is 0 Å². The fraction of sp³-hybridized carbons (Fsp3) is 0.136. The molecule has 0 fully saturated rings. The molecule has 3 aromatic rings. The predicted octanol–water partition coefficient (Wildman–Crippen LogP) is 3.40. The highest BCUT2D eigenvalue weighted by Gasteiger charge is 2.14. The maximum Gasteiger partial charge on any atom is 0.341 e. The number of nitrogens with one attached hydrogen (secondary N) is 1. The monoisotopic (exact) mass is 408 g/mol. The summed E-state index contributed by atoms with van der Waals surface area (Å²) >= 11 is 0. The molecule has 0 saturated carbocycles. The van der Waals surface area contributed by atoms with Gasteiger partial charge in [-0.05, 0) is 36.2 Å². The molecule has 8 heteroatoms. The van der Waals surface area contributed by atoms with E-state index in [1.165, 1.54) is 13.3 Å². The maximum absolute atomic E-state index is 12.3. The Bertz CT molecular complexity index is 1080. The molecule has 0 aliphatic rings. The fourth-order valence-corrected chi connectivity index (χ4v) is 2.83. The van der Waals surface area contributed by atoms with E-state index in [9.17, 15) is 9.59 Å². The molecule has 0 spiro atoms. The second kappa shape index (κ2) is 9.42. The minimum atomic E-state index is -1.10. The third kappa shape index (κ3) is 4.85. The number of ether oxygens (including phenoxy) is 2. The first-order valence-electron chi connectivity index (χ1n) is 9.00. The van der Waals surface area contributed by atoms with Gasteiger partial charge < -0.3 is 19.0 Å². The number of carbonyl (C=O) groups is 2. The number of fused-ring (bicyclic) bond motifs is 1. The number of rotatable bonds is 9. The number of furan rings is 1. The lowest BCUT2D eigenvalue weighted by atomic mass is 10.1. The van der Waals surface area contributed by atoms with Crippen molar-refractivity contribution in [2.45, 2.75) is 6.42 Å². The highest BCUT2D eigenvalue weighted by atomic mass is 16.5. The number of carbonyl (C=O) groups excluding carboxylic acids is 1. The van der Waals surface area contributed by atoms with E-state index in [0.717, 1.165) is 5.39 Å². The van der Waals surface area contributed by atoms with Gasteiger partial charge in [0.2, 0.25) is 0 Å². The summed E-state index contributed by atoms with van der Waals surface area (Å²) in [6.07, 6.45) is 3.53. The van der Waals surface area contributed by atoms with Crippen molar-refractivity contribution in [2.24, 2.45) is 5.10 Å². The number of benzene rings is 2. The van der Waals surface area contributed by atoms with Crippen LogP contribution in [-0.4, -0.2) is 36.9 Å². The largest absolute Gasteiger partial charge is 0.493 e. The first kappa shape index (κ1) is 20.7. The zero-order chi connectivity index (χ0) is 21.5. The highest BCUT2D eigenvalue weighted by molar-refractivity contribution is 5.96. The molecule has 154 valence electrons. The van der Waals surface area contributed by atoms with Crippen LogP contribution in [-0.2, 0) is 11.2 Å². The van der Waals surface area contributed by atoms with Crippen molar-refractivity contribution >= 4 is 29.1 Å². The number of para-hydroxylation sites is 1. The molecule has 0 radical (unpaired) electrons. The zero-order valence-corrected chi connectivity index (χ0v) is 16.3. The molecule has 0 aliphatic heterocycles. The molecule has 30 heavy (non-hydrogen) atoms. The number of hydrogen-bond acceptors (Lipinski definition) is 6. The summed E-state index contributed by atoms with van der Waals surface area (Å²) in [6, 6.07) is 12.3. The van der Waals surface area contributed by atoms with Gasteiger partial charge in [0.15, 0.2) is 23.9 Å². The standard InChI is InChI=1S/C22H20N2O6/c1-3-6-16-9-14(10-18(28-2)21(16)29-13-20(25)26)12-23-24-22(27)19-11-15-7-4-5-8-17(15)30-19/h3-5,7-12H,1,6,13H2,2H3,(H,24,27)(H,25,26)/b23-12+. The molecule has 0 bridgehead atoms. The molecule has 0 saturated heterocycles. The van der Waals surface area contributed by atoms with Crippen molar-refractivity contribution < 1.29 is 28.6 Å². The lowest BCUT2D eigenvalue weighted by Gasteiger charge is -2.14. The number of carboxylic acids is 1. The Morgan fingerprint density at radius 2 is 2.07 bits per heavy atom. The topological polar surface area (TPSA) is 110 Å². The van der Waals surface area contributed by atoms with Crippen molar-refractivity contribution in [1.82, 2.24) is 5.43 Å². The van der Waals surface area contributed by atoms with Gasteiger partial charge in [0.25, 0.3) is 0 Å². The summed E-state index contributed by atoms with van der Waals surface area (Å²) in [7, 11) is 1.45. The van der Waals surface area contributed by atoms with E-state index in [1.54, 1.807) is 30.3 Å². The van der Waals surface area contributed by atoms with Crippen molar-refractivity contribution in [2.75, 3.05) is 13.7 Å². The summed E-state index contributed by atoms with van der Waals surface area (Å²) in [6.45, 7) is 3.20. The second-order valence-electron chi connectivity index (χ2n) is 6.23. The van der Waals surface area contributed by atoms with Crippen LogP contribution in [0.1, 0.15) is 21.7 Å². The Morgan fingerprint density at radius 1 is 1.27 bits per heavy atom. The van der Waals surface area contributed by atoms with Crippen LogP contribution in [0.2, 0.25) is 0 Å². The van der Waals surface area contributed by atoms with Crippen LogP contribution in [0.25, 0.3) is 11.0 Å². The average Bonchev–Trinajstić information content (AvgIpc) is 3.17. The van der Waals surface area contributed by atoms with Gasteiger partial charge in [0, 0.05) is 10.9 Å². The van der Waals surface area contributed by atoms with E-state index in [1.807, 2.05) is 18.2 Å². The molecular formula is C22H20N2O6. The number of aliphatic carboxylic acids is 1. The molecule has 0 unspecified atom stereocenters. The molecule has 1 heterocycles. The number of carboxylic acid groups (broad SMARTS) is 1. The van der Waals surface area contributed by atoms with Gasteiger partial charge in [-0.3, -0.25) is 4.79 Å². The van der Waals surface area contributed by atoms with Crippen LogP contribution < -0.4 is 14.9 Å². The number of hydrogen-bond donors (Lipinski definition) is 2. The zero-order valence-electron chi connectivity index (χ0n) is 16.3. The van der Waals surface area contributed by atoms with Crippen molar-refractivity contribution in [3.8, 4) is 11.5 Å². The molecule has 0 aliphatic carbocycles. The van der Waals surface area contributed by atoms with E-state index in [0.29, 0.717) is 34.6 Å². The third-order valence-corrected chi connectivity index (χ3v) is 4.11. The van der Waals surface area contributed by atoms with E-state index < -0.39 is 18.5 Å². The Balaban J connectivity index is 1.78. The van der Waals surface area contributed by atoms with Crippen molar-refractivity contribution in [3.05, 3.63) is 72.0 Å². The second-order valence-corrected chi connectivity index (χ2v) is 6.23. The first-order chi connectivity index (χ1) is 14.5. The van der Waals surface area contributed by atoms with E-state index in [4.69, 9.17) is 19.0 Å². The van der Waals surface area contributed by atoms with Crippen LogP contribution in [0.3, 0.4) is 0 Å². The summed E-state index contributed by atoms with van der Waals surface area (Å²) in [5, 5.41) is 13.7. The number of amides is 1. The molecule has 8 nitrogen and oxygen atoms in total. The maximum atomic E-state index is 12.3. The van der Waals surface area contributed by atoms with Crippen molar-refractivity contribution in [3.63, 3.8) is 0 Å². The van der Waals surface area contributed by atoms with E-state index in [-0.39, 0.29) is 5.76 Å². The molecule has 1 aromatic heterocycles. The van der Waals surface area contributed by atoms with Gasteiger partial charge in [0.1, 0.15) is 5.58 Å². The molecule has 2 N–H and O–H groups in total. The van der Waals surface area contributed by atoms with Gasteiger partial charge in [0.05, 0.1) is 13.3 Å². The van der Waals surface area contributed by atoms with E-state index in [2.05, 4.69) is 17.1 Å². The fourth-order valence-electron chi connectivity index (χ4n) is 2.83. The summed E-state index contributed by atoms with van der Waals surface area (Å²) in [4.78, 5) is 23.1. The van der Waals surface area contributed by atoms with Gasteiger partial charge in [-0.2, -0.15) is 5.10 Å². The van der Waals surface area contributed by atoms with Crippen LogP contribution in [0.4, 0.5) is 0 Å². The Labute approximate surface area is 172 Å². The highest BCUT2D eigenvalue weighted by Crippen LogP contribution is 2.33. The minimum absolute atomic E-state index is 0.149. The SMILES string of the molecule is C=CCc1cc(/C=N/NC(=O)c2cc3ccccc3o2)cc(OC)c1OCC(=O)O. The summed E-state index contributed by atoms with van der Waals surface area (Å²) in [5.74, 6) is -0.762. The predicted molar refractivity (Wildman–Crippen MR) is 111 cm³/mol. The minimum Gasteiger partial charge on any atom is -0.493 e. The Morgan fingerprint density at radius 3 is 2.77 bits per heavy atom. The van der Waals surface area contributed by atoms with Crippen LogP contribution in [0.15, 0.2) is 64.6 Å². The molecule has 2 aromatic carbocycles. The van der Waals surface area contributed by atoms with Gasteiger partial charge in [-0.15, -0.1) is 6.58 Å². The third-order valence-electron chi connectivity index (χ3n) is 4.11. The smallest absolute Gasteiger partial charge is 0.341 e. The number of methoxy groups -OCH3 is 1. The van der Waals surface area contributed by atoms with Crippen LogP contribution in [0, 0.1) is 0 Å². The van der Waals surface area contributed by atoms with Gasteiger partial charge in [-0.25, -0.2) is 10.2 Å². The number of hydrazone groups is 1. The summed E-state index contributed by atoms with van der Waals surface area (Å²) in [5.41, 5.74) is 4.33. The van der Waals surface area contributed by atoms with Crippen LogP contribution >= 0.6 is 0 Å². The summed E-state index contributed by atoms with van der Waals surface area (Å²) < 4.78 is 16.2. The lowest BCUT2D eigenvalue weighted by molar-refractivity contribution is -0.139. The van der Waals surface area contributed by atoms with Crippen LogP contribution in [0.5, 0.6) is 11.5 Å². The Kier molecular flexibility index (Phi) is 6.49. The normalized spacial score (nSPS) is 10.8.